The van der Waals surface area contributed by atoms with Gasteiger partial charge in [-0.15, -0.1) is 0 Å². The van der Waals surface area contributed by atoms with Crippen LogP contribution < -0.4 is 0 Å². The maximum absolute atomic E-state index is 8.70. The molecule has 0 bridgehead atoms. The SMILES string of the molecule is OCCc1ccc(C#CCBr)cc1. The van der Waals surface area contributed by atoms with Crippen molar-refractivity contribution in [3.63, 3.8) is 0 Å². The fraction of sp³-hybridized carbons (Fsp3) is 0.273. The summed E-state index contributed by atoms with van der Waals surface area (Å²) in [6.45, 7) is 0.201. The van der Waals surface area contributed by atoms with Crippen LogP contribution in [0.15, 0.2) is 24.3 Å². The maximum atomic E-state index is 8.70. The molecule has 0 aliphatic heterocycles. The van der Waals surface area contributed by atoms with Crippen LogP contribution >= 0.6 is 15.9 Å². The lowest BCUT2D eigenvalue weighted by atomic mass is 10.1. The average molecular weight is 239 g/mol. The highest BCUT2D eigenvalue weighted by atomic mass is 79.9. The average Bonchev–Trinajstić information content (AvgIpc) is 2.17. The number of halogens is 1. The van der Waals surface area contributed by atoms with E-state index in [-0.39, 0.29) is 6.61 Å². The summed E-state index contributed by atoms with van der Waals surface area (Å²) >= 11 is 3.24. The molecule has 68 valence electrons. The van der Waals surface area contributed by atoms with E-state index >= 15 is 0 Å². The minimum atomic E-state index is 0.201. The monoisotopic (exact) mass is 238 g/mol. The first-order valence-electron chi connectivity index (χ1n) is 4.11. The van der Waals surface area contributed by atoms with Gasteiger partial charge in [0, 0.05) is 12.2 Å². The molecule has 0 radical (unpaired) electrons. The van der Waals surface area contributed by atoms with Crippen LogP contribution in [-0.4, -0.2) is 17.0 Å². The van der Waals surface area contributed by atoms with Gasteiger partial charge in [-0.3, -0.25) is 0 Å². The molecular formula is C11H11BrO. The van der Waals surface area contributed by atoms with Gasteiger partial charge in [0.05, 0.1) is 5.33 Å². The molecule has 1 aromatic carbocycles. The number of aliphatic hydroxyl groups excluding tert-OH is 1. The van der Waals surface area contributed by atoms with Crippen LogP contribution in [0.2, 0.25) is 0 Å². The lowest BCUT2D eigenvalue weighted by Crippen LogP contribution is -1.89. The van der Waals surface area contributed by atoms with Crippen molar-refractivity contribution in [3.8, 4) is 11.8 Å². The second-order valence-electron chi connectivity index (χ2n) is 2.61. The van der Waals surface area contributed by atoms with Gasteiger partial charge in [-0.2, -0.15) is 0 Å². The van der Waals surface area contributed by atoms with E-state index in [4.69, 9.17) is 5.11 Å². The Morgan fingerprint density at radius 3 is 2.46 bits per heavy atom. The van der Waals surface area contributed by atoms with E-state index in [9.17, 15) is 0 Å². The molecule has 0 spiro atoms. The van der Waals surface area contributed by atoms with Crippen LogP contribution in [0.1, 0.15) is 11.1 Å². The predicted octanol–water partition coefficient (Wildman–Crippen LogP) is 1.97. The molecule has 1 N–H and O–H groups in total. The molecule has 0 heterocycles. The Kier molecular flexibility index (Phi) is 4.59. The van der Waals surface area contributed by atoms with Gasteiger partial charge in [-0.1, -0.05) is 39.9 Å². The number of benzene rings is 1. The van der Waals surface area contributed by atoms with Crippen LogP contribution in [0.5, 0.6) is 0 Å². The summed E-state index contributed by atoms with van der Waals surface area (Å²) in [5, 5.41) is 9.40. The zero-order valence-corrected chi connectivity index (χ0v) is 8.84. The van der Waals surface area contributed by atoms with Crippen molar-refractivity contribution in [3.05, 3.63) is 35.4 Å². The highest BCUT2D eigenvalue weighted by Gasteiger charge is 1.90. The van der Waals surface area contributed by atoms with Gasteiger partial charge in [0.25, 0.3) is 0 Å². The zero-order chi connectivity index (χ0) is 9.52. The summed E-state index contributed by atoms with van der Waals surface area (Å²) in [6.07, 6.45) is 0.714. The molecule has 0 amide bonds. The van der Waals surface area contributed by atoms with E-state index in [0.717, 1.165) is 11.1 Å². The normalized spacial score (nSPS) is 9.08. The summed E-state index contributed by atoms with van der Waals surface area (Å²) in [7, 11) is 0. The molecule has 0 aliphatic rings. The van der Waals surface area contributed by atoms with Gasteiger partial charge in [-0.25, -0.2) is 0 Å². The molecular weight excluding hydrogens is 228 g/mol. The van der Waals surface area contributed by atoms with E-state index in [1.165, 1.54) is 0 Å². The van der Waals surface area contributed by atoms with Crippen molar-refractivity contribution in [1.29, 1.82) is 0 Å². The third-order valence-electron chi connectivity index (χ3n) is 1.65. The topological polar surface area (TPSA) is 20.2 Å². The van der Waals surface area contributed by atoms with Crippen LogP contribution in [-0.2, 0) is 6.42 Å². The largest absolute Gasteiger partial charge is 0.396 e. The standard InChI is InChI=1S/C11H11BrO/c12-8-1-2-10-3-5-11(6-4-10)7-9-13/h3-6,13H,7-9H2. The Bertz CT molecular complexity index is 305. The summed E-state index contributed by atoms with van der Waals surface area (Å²) in [4.78, 5) is 0. The zero-order valence-electron chi connectivity index (χ0n) is 7.26. The first kappa shape index (κ1) is 10.3. The summed E-state index contributed by atoms with van der Waals surface area (Å²) in [5.41, 5.74) is 2.16. The number of alkyl halides is 1. The fourth-order valence-corrected chi connectivity index (χ4v) is 1.16. The van der Waals surface area contributed by atoms with E-state index in [1.54, 1.807) is 0 Å². The van der Waals surface area contributed by atoms with Gasteiger partial charge in [0.2, 0.25) is 0 Å². The minimum Gasteiger partial charge on any atom is -0.396 e. The molecule has 2 heteroatoms. The molecule has 13 heavy (non-hydrogen) atoms. The van der Waals surface area contributed by atoms with Crippen molar-refractivity contribution in [2.75, 3.05) is 11.9 Å². The lowest BCUT2D eigenvalue weighted by molar-refractivity contribution is 0.299. The van der Waals surface area contributed by atoms with Crippen molar-refractivity contribution >= 4 is 15.9 Å². The summed E-state index contributed by atoms with van der Waals surface area (Å²) in [5.74, 6) is 5.94. The van der Waals surface area contributed by atoms with Crippen LogP contribution in [0.3, 0.4) is 0 Å². The number of aliphatic hydroxyl groups is 1. The Hall–Kier alpha value is -0.780. The third-order valence-corrected chi connectivity index (χ3v) is 1.93. The van der Waals surface area contributed by atoms with Crippen molar-refractivity contribution in [1.82, 2.24) is 0 Å². The highest BCUT2D eigenvalue weighted by molar-refractivity contribution is 9.09. The van der Waals surface area contributed by atoms with Gasteiger partial charge in [0.15, 0.2) is 0 Å². The van der Waals surface area contributed by atoms with Crippen molar-refractivity contribution in [2.45, 2.75) is 6.42 Å². The molecule has 0 saturated carbocycles. The summed E-state index contributed by atoms with van der Waals surface area (Å²) in [6, 6.07) is 7.93. The number of rotatable bonds is 2. The third kappa shape index (κ3) is 3.63. The van der Waals surface area contributed by atoms with Gasteiger partial charge in [0.1, 0.15) is 0 Å². The van der Waals surface area contributed by atoms with E-state index in [0.29, 0.717) is 11.8 Å². The van der Waals surface area contributed by atoms with E-state index < -0.39 is 0 Å². The van der Waals surface area contributed by atoms with Crippen LogP contribution in [0.4, 0.5) is 0 Å². The molecule has 0 unspecified atom stereocenters. The van der Waals surface area contributed by atoms with Crippen LogP contribution in [0.25, 0.3) is 0 Å². The van der Waals surface area contributed by atoms with E-state index in [2.05, 4.69) is 27.8 Å². The Morgan fingerprint density at radius 1 is 1.23 bits per heavy atom. The quantitative estimate of drug-likeness (QED) is 0.618. The second kappa shape index (κ2) is 5.80. The molecule has 0 aromatic heterocycles. The van der Waals surface area contributed by atoms with E-state index in [1.807, 2.05) is 24.3 Å². The van der Waals surface area contributed by atoms with Crippen molar-refractivity contribution in [2.24, 2.45) is 0 Å². The Balaban J connectivity index is 2.69. The molecule has 0 saturated heterocycles. The molecule has 0 fully saturated rings. The van der Waals surface area contributed by atoms with Crippen LogP contribution in [0, 0.1) is 11.8 Å². The lowest BCUT2D eigenvalue weighted by Gasteiger charge is -1.96. The maximum Gasteiger partial charge on any atom is 0.0649 e. The molecule has 1 nitrogen and oxygen atoms in total. The Morgan fingerprint density at radius 2 is 1.92 bits per heavy atom. The molecule has 0 aliphatic carbocycles. The van der Waals surface area contributed by atoms with Gasteiger partial charge < -0.3 is 5.11 Å². The molecule has 0 atom stereocenters. The first-order valence-corrected chi connectivity index (χ1v) is 5.23. The summed E-state index contributed by atoms with van der Waals surface area (Å²) < 4.78 is 0. The fourth-order valence-electron chi connectivity index (χ4n) is 1.02. The van der Waals surface area contributed by atoms with Gasteiger partial charge >= 0.3 is 0 Å². The predicted molar refractivity (Wildman–Crippen MR) is 57.9 cm³/mol. The minimum absolute atomic E-state index is 0.201. The number of hydrogen-bond acceptors (Lipinski definition) is 1. The Labute approximate surface area is 86.9 Å². The number of hydrogen-bond donors (Lipinski definition) is 1. The second-order valence-corrected chi connectivity index (χ2v) is 3.17. The highest BCUT2D eigenvalue weighted by Crippen LogP contribution is 2.03. The molecule has 1 rings (SSSR count). The smallest absolute Gasteiger partial charge is 0.0649 e. The van der Waals surface area contributed by atoms with Gasteiger partial charge in [-0.05, 0) is 24.1 Å². The molecule has 1 aromatic rings. The van der Waals surface area contributed by atoms with Crippen molar-refractivity contribution < 1.29 is 5.11 Å². The first-order chi connectivity index (χ1) is 6.36.